The highest BCUT2D eigenvalue weighted by Crippen LogP contribution is 2.33. The molecule has 0 N–H and O–H groups in total. The Morgan fingerprint density at radius 2 is 1.64 bits per heavy atom. The summed E-state index contributed by atoms with van der Waals surface area (Å²) in [7, 11) is 0. The van der Waals surface area contributed by atoms with Crippen LogP contribution in [0.2, 0.25) is 0 Å². The van der Waals surface area contributed by atoms with Gasteiger partial charge in [0.1, 0.15) is 6.26 Å². The van der Waals surface area contributed by atoms with E-state index in [1.165, 1.54) is 53.5 Å². The number of benzene rings is 3. The minimum Gasteiger partial charge on any atom is -0.471 e. The third-order valence-corrected chi connectivity index (χ3v) is 4.81. The number of aliphatic imine (C=N–C) groups is 1. The quantitative estimate of drug-likeness (QED) is 0.468. The lowest BCUT2D eigenvalue weighted by Crippen LogP contribution is -2.02. The zero-order valence-corrected chi connectivity index (χ0v) is 14.2. The standard InChI is InChI=1S/C18H16.C5H5NO/c1-3-7-15-13(5-1)9-11-18-16-8-4-2-6-14(16)10-12-17(15)18;1-2-6-3-5-7-4-1/h1,3,5,7,9-12H,2,4,6,8H2;1-5H. The Kier molecular flexibility index (Phi) is 4.60. The number of hydrogen-bond donors (Lipinski definition) is 0. The van der Waals surface area contributed by atoms with E-state index >= 15 is 0 Å². The predicted molar refractivity (Wildman–Crippen MR) is 106 cm³/mol. The first kappa shape index (κ1) is 15.6. The molecule has 1 heterocycles. The average Bonchev–Trinajstić information content (AvgIpc) is 3.01. The summed E-state index contributed by atoms with van der Waals surface area (Å²) in [4.78, 5) is 3.75. The van der Waals surface area contributed by atoms with E-state index in [9.17, 15) is 0 Å². The van der Waals surface area contributed by atoms with Gasteiger partial charge in [-0.1, -0.05) is 48.5 Å². The Morgan fingerprint density at radius 1 is 0.760 bits per heavy atom. The second kappa shape index (κ2) is 7.35. The predicted octanol–water partition coefficient (Wildman–Crippen LogP) is 5.94. The molecule has 0 spiro atoms. The first-order chi connectivity index (χ1) is 12.4. The third-order valence-electron chi connectivity index (χ3n) is 4.81. The van der Waals surface area contributed by atoms with E-state index in [1.807, 2.05) is 0 Å². The maximum Gasteiger partial charge on any atom is 0.108 e. The van der Waals surface area contributed by atoms with Gasteiger partial charge in [-0.05, 0) is 64.4 Å². The molecule has 25 heavy (non-hydrogen) atoms. The highest BCUT2D eigenvalue weighted by molar-refractivity contribution is 6.08. The van der Waals surface area contributed by atoms with Gasteiger partial charge < -0.3 is 4.74 Å². The summed E-state index contributed by atoms with van der Waals surface area (Å²) in [5, 5.41) is 5.64. The Hall–Kier alpha value is -2.87. The Bertz CT molecular complexity index is 968. The van der Waals surface area contributed by atoms with Crippen LogP contribution in [-0.4, -0.2) is 6.21 Å². The fourth-order valence-corrected chi connectivity index (χ4v) is 3.64. The summed E-state index contributed by atoms with van der Waals surface area (Å²) < 4.78 is 4.71. The topological polar surface area (TPSA) is 21.6 Å². The van der Waals surface area contributed by atoms with Gasteiger partial charge >= 0.3 is 0 Å². The minimum absolute atomic E-state index is 1.25. The van der Waals surface area contributed by atoms with Crippen molar-refractivity contribution in [3.63, 3.8) is 0 Å². The van der Waals surface area contributed by atoms with Crippen molar-refractivity contribution in [3.8, 4) is 0 Å². The van der Waals surface area contributed by atoms with Crippen molar-refractivity contribution >= 4 is 27.8 Å². The Morgan fingerprint density at radius 3 is 2.64 bits per heavy atom. The van der Waals surface area contributed by atoms with Crippen LogP contribution in [0.1, 0.15) is 24.0 Å². The number of hydrogen-bond acceptors (Lipinski definition) is 2. The number of allylic oxidation sites excluding steroid dienone is 1. The van der Waals surface area contributed by atoms with E-state index in [0.717, 1.165) is 0 Å². The van der Waals surface area contributed by atoms with Gasteiger partial charge in [-0.3, -0.25) is 4.99 Å². The largest absolute Gasteiger partial charge is 0.471 e. The summed E-state index contributed by atoms with van der Waals surface area (Å²) in [6.07, 6.45) is 13.3. The fraction of sp³-hybridized carbons (Fsp3) is 0.174. The molecule has 5 rings (SSSR count). The molecular formula is C23H21NO. The van der Waals surface area contributed by atoms with Crippen LogP contribution in [0, 0.1) is 0 Å². The fourth-order valence-electron chi connectivity index (χ4n) is 3.64. The first-order valence-electron chi connectivity index (χ1n) is 8.84. The Balaban J connectivity index is 0.000000190. The minimum atomic E-state index is 1.25. The van der Waals surface area contributed by atoms with Gasteiger partial charge in [-0.15, -0.1) is 0 Å². The summed E-state index contributed by atoms with van der Waals surface area (Å²) in [6.45, 7) is 0. The molecule has 1 aliphatic heterocycles. The zero-order valence-electron chi connectivity index (χ0n) is 14.2. The highest BCUT2D eigenvalue weighted by Gasteiger charge is 2.13. The van der Waals surface area contributed by atoms with Crippen LogP contribution in [0.5, 0.6) is 0 Å². The van der Waals surface area contributed by atoms with Crippen LogP contribution in [0.15, 0.2) is 78.3 Å². The number of nitrogens with zero attached hydrogens (tertiary/aromatic N) is 1. The molecule has 0 atom stereocenters. The van der Waals surface area contributed by atoms with E-state index in [2.05, 4.69) is 53.5 Å². The van der Waals surface area contributed by atoms with Crippen molar-refractivity contribution in [1.82, 2.24) is 0 Å². The van der Waals surface area contributed by atoms with E-state index in [4.69, 9.17) is 4.74 Å². The summed E-state index contributed by atoms with van der Waals surface area (Å²) in [5.74, 6) is 0. The van der Waals surface area contributed by atoms with Crippen LogP contribution < -0.4 is 0 Å². The molecule has 124 valence electrons. The van der Waals surface area contributed by atoms with Gasteiger partial charge in [-0.25, -0.2) is 0 Å². The molecule has 0 saturated carbocycles. The van der Waals surface area contributed by atoms with E-state index in [1.54, 1.807) is 35.9 Å². The van der Waals surface area contributed by atoms with Crippen molar-refractivity contribution in [3.05, 3.63) is 84.5 Å². The Labute approximate surface area is 148 Å². The maximum absolute atomic E-state index is 4.71. The summed E-state index contributed by atoms with van der Waals surface area (Å²) in [5.41, 5.74) is 3.17. The molecule has 1 aliphatic carbocycles. The van der Waals surface area contributed by atoms with Gasteiger partial charge in [0.2, 0.25) is 0 Å². The summed E-state index contributed by atoms with van der Waals surface area (Å²) in [6, 6.07) is 18.0. The molecule has 0 radical (unpaired) electrons. The first-order valence-corrected chi connectivity index (χ1v) is 8.84. The van der Waals surface area contributed by atoms with Crippen molar-refractivity contribution in [1.29, 1.82) is 0 Å². The molecule has 2 heteroatoms. The van der Waals surface area contributed by atoms with Crippen LogP contribution in [0.3, 0.4) is 0 Å². The second-order valence-electron chi connectivity index (χ2n) is 6.34. The van der Waals surface area contributed by atoms with Gasteiger partial charge in [-0.2, -0.15) is 0 Å². The lowest BCUT2D eigenvalue weighted by atomic mass is 9.86. The van der Waals surface area contributed by atoms with E-state index in [0.29, 0.717) is 0 Å². The van der Waals surface area contributed by atoms with Crippen LogP contribution in [0.4, 0.5) is 0 Å². The molecule has 0 fully saturated rings. The molecule has 0 unspecified atom stereocenters. The number of rotatable bonds is 0. The van der Waals surface area contributed by atoms with Crippen LogP contribution in [0.25, 0.3) is 21.5 Å². The molecule has 0 amide bonds. The molecule has 0 aromatic heterocycles. The SMILES string of the molecule is C1=COC=CN=C1.c1ccc2c(c1)ccc1c3c(ccc12)CCCC3. The van der Waals surface area contributed by atoms with E-state index < -0.39 is 0 Å². The zero-order chi connectivity index (χ0) is 16.9. The molecule has 2 aliphatic rings. The number of fused-ring (bicyclic) bond motifs is 5. The van der Waals surface area contributed by atoms with Crippen molar-refractivity contribution in [2.24, 2.45) is 4.99 Å². The molecule has 2 nitrogen and oxygen atoms in total. The van der Waals surface area contributed by atoms with Gasteiger partial charge in [0.05, 0.1) is 12.5 Å². The van der Waals surface area contributed by atoms with Gasteiger partial charge in [0.25, 0.3) is 0 Å². The molecule has 0 saturated heterocycles. The molecule has 3 aromatic rings. The van der Waals surface area contributed by atoms with Gasteiger partial charge in [0.15, 0.2) is 0 Å². The lowest BCUT2D eigenvalue weighted by molar-refractivity contribution is 0.403. The maximum atomic E-state index is 4.71. The second-order valence-corrected chi connectivity index (χ2v) is 6.34. The molecule has 3 aromatic carbocycles. The normalized spacial score (nSPS) is 15.2. The highest BCUT2D eigenvalue weighted by atomic mass is 16.5. The number of ether oxygens (including phenoxy) is 1. The van der Waals surface area contributed by atoms with Crippen molar-refractivity contribution in [2.45, 2.75) is 25.7 Å². The molecular weight excluding hydrogens is 306 g/mol. The molecule has 0 bridgehead atoms. The lowest BCUT2D eigenvalue weighted by Gasteiger charge is -2.18. The van der Waals surface area contributed by atoms with Crippen molar-refractivity contribution in [2.75, 3.05) is 0 Å². The van der Waals surface area contributed by atoms with Crippen LogP contribution >= 0.6 is 0 Å². The third kappa shape index (κ3) is 3.34. The summed E-state index contributed by atoms with van der Waals surface area (Å²) >= 11 is 0. The van der Waals surface area contributed by atoms with Crippen LogP contribution in [-0.2, 0) is 17.6 Å². The number of aryl methyl sites for hydroxylation is 2. The monoisotopic (exact) mass is 327 g/mol. The average molecular weight is 327 g/mol. The van der Waals surface area contributed by atoms with E-state index in [-0.39, 0.29) is 0 Å². The smallest absolute Gasteiger partial charge is 0.108 e. The van der Waals surface area contributed by atoms with Gasteiger partial charge in [0, 0.05) is 6.21 Å². The van der Waals surface area contributed by atoms with Crippen molar-refractivity contribution < 1.29 is 4.74 Å².